The van der Waals surface area contributed by atoms with Gasteiger partial charge in [-0.2, -0.15) is 0 Å². The second-order valence-electron chi connectivity index (χ2n) is 6.09. The van der Waals surface area contributed by atoms with Gasteiger partial charge in [0.1, 0.15) is 0 Å². The highest BCUT2D eigenvalue weighted by Gasteiger charge is 2.28. The van der Waals surface area contributed by atoms with Gasteiger partial charge in [0, 0.05) is 32.2 Å². The molecule has 0 unspecified atom stereocenters. The van der Waals surface area contributed by atoms with Gasteiger partial charge < -0.3 is 4.90 Å². The van der Waals surface area contributed by atoms with Crippen LogP contribution in [0, 0.1) is 0 Å². The maximum atomic E-state index is 10.8. The molecule has 1 aromatic rings. The Morgan fingerprint density at radius 2 is 1.55 bits per heavy atom. The van der Waals surface area contributed by atoms with Crippen molar-refractivity contribution < 1.29 is 4.79 Å². The molecule has 3 rings (SSSR count). The summed E-state index contributed by atoms with van der Waals surface area (Å²) in [7, 11) is 0. The van der Waals surface area contributed by atoms with Crippen LogP contribution < -0.4 is 0 Å². The minimum atomic E-state index is 0.740. The van der Waals surface area contributed by atoms with Crippen molar-refractivity contribution in [3.63, 3.8) is 0 Å². The topological polar surface area (TPSA) is 23.6 Å². The fourth-order valence-electron chi connectivity index (χ4n) is 3.71. The highest BCUT2D eigenvalue weighted by molar-refractivity contribution is 5.47. The van der Waals surface area contributed by atoms with E-state index in [1.807, 2.05) is 4.90 Å². The van der Waals surface area contributed by atoms with E-state index in [0.29, 0.717) is 0 Å². The summed E-state index contributed by atoms with van der Waals surface area (Å²) in [6.07, 6.45) is 6.22. The van der Waals surface area contributed by atoms with Gasteiger partial charge in [0.2, 0.25) is 6.41 Å². The summed E-state index contributed by atoms with van der Waals surface area (Å²) in [6.45, 7) is 3.92. The molecular weight excluding hydrogens is 248 g/mol. The normalized spacial score (nSPS) is 28.3. The molecule has 1 saturated carbocycles. The summed E-state index contributed by atoms with van der Waals surface area (Å²) >= 11 is 0. The van der Waals surface area contributed by atoms with E-state index in [4.69, 9.17) is 0 Å². The number of piperazine rings is 1. The number of carbonyl (C=O) groups is 1. The number of amides is 1. The molecule has 1 aliphatic carbocycles. The number of hydrogen-bond acceptors (Lipinski definition) is 2. The lowest BCUT2D eigenvalue weighted by atomic mass is 9.81. The molecule has 2 aliphatic rings. The number of carbonyl (C=O) groups excluding carboxylic acids is 1. The molecule has 1 heterocycles. The van der Waals surface area contributed by atoms with Crippen molar-refractivity contribution in [3.05, 3.63) is 35.9 Å². The molecule has 0 N–H and O–H groups in total. The predicted octanol–water partition coefficient (Wildman–Crippen LogP) is 2.49. The van der Waals surface area contributed by atoms with Crippen molar-refractivity contribution in [3.8, 4) is 0 Å². The summed E-state index contributed by atoms with van der Waals surface area (Å²) < 4.78 is 0. The third-order valence-corrected chi connectivity index (χ3v) is 4.98. The van der Waals surface area contributed by atoms with Crippen molar-refractivity contribution in [2.24, 2.45) is 0 Å². The molecule has 20 heavy (non-hydrogen) atoms. The molecule has 2 fully saturated rings. The van der Waals surface area contributed by atoms with E-state index >= 15 is 0 Å². The number of rotatable bonds is 3. The first-order chi connectivity index (χ1) is 9.86. The maximum Gasteiger partial charge on any atom is 0.209 e. The van der Waals surface area contributed by atoms with E-state index in [2.05, 4.69) is 35.2 Å². The molecule has 3 nitrogen and oxygen atoms in total. The molecule has 1 aliphatic heterocycles. The van der Waals surface area contributed by atoms with Gasteiger partial charge in [-0.3, -0.25) is 9.69 Å². The van der Waals surface area contributed by atoms with Gasteiger partial charge in [-0.15, -0.1) is 0 Å². The van der Waals surface area contributed by atoms with Gasteiger partial charge in [-0.05, 0) is 37.2 Å². The predicted molar refractivity (Wildman–Crippen MR) is 80.6 cm³/mol. The summed E-state index contributed by atoms with van der Waals surface area (Å²) in [4.78, 5) is 15.2. The zero-order valence-electron chi connectivity index (χ0n) is 12.1. The largest absolute Gasteiger partial charge is 0.343 e. The zero-order chi connectivity index (χ0) is 13.8. The SMILES string of the molecule is O=CN1CCN(C2CCC(c3ccccc3)CC2)CC1. The van der Waals surface area contributed by atoms with Crippen molar-refractivity contribution in [2.75, 3.05) is 26.2 Å². The number of nitrogens with zero attached hydrogens (tertiary/aromatic N) is 2. The van der Waals surface area contributed by atoms with Crippen LogP contribution >= 0.6 is 0 Å². The number of hydrogen-bond donors (Lipinski definition) is 0. The Kier molecular flexibility index (Phi) is 4.36. The monoisotopic (exact) mass is 272 g/mol. The quantitative estimate of drug-likeness (QED) is 0.789. The Morgan fingerprint density at radius 3 is 2.15 bits per heavy atom. The van der Waals surface area contributed by atoms with E-state index in [-0.39, 0.29) is 0 Å². The smallest absolute Gasteiger partial charge is 0.209 e. The third kappa shape index (κ3) is 3.04. The fraction of sp³-hybridized carbons (Fsp3) is 0.588. The van der Waals surface area contributed by atoms with E-state index < -0.39 is 0 Å². The molecule has 0 atom stereocenters. The summed E-state index contributed by atoms with van der Waals surface area (Å²) in [5.41, 5.74) is 1.51. The molecule has 1 amide bonds. The molecular formula is C17H24N2O. The second-order valence-corrected chi connectivity index (χ2v) is 6.09. The first-order valence-corrected chi connectivity index (χ1v) is 7.85. The van der Waals surface area contributed by atoms with Gasteiger partial charge in [-0.25, -0.2) is 0 Å². The lowest BCUT2D eigenvalue weighted by molar-refractivity contribution is -0.120. The number of benzene rings is 1. The van der Waals surface area contributed by atoms with Crippen molar-refractivity contribution in [1.29, 1.82) is 0 Å². The first kappa shape index (κ1) is 13.6. The lowest BCUT2D eigenvalue weighted by Gasteiger charge is -2.41. The van der Waals surface area contributed by atoms with Crippen LogP contribution in [-0.2, 0) is 4.79 Å². The highest BCUT2D eigenvalue weighted by atomic mass is 16.1. The third-order valence-electron chi connectivity index (χ3n) is 4.98. The highest BCUT2D eigenvalue weighted by Crippen LogP contribution is 2.34. The van der Waals surface area contributed by atoms with Gasteiger partial charge >= 0.3 is 0 Å². The van der Waals surface area contributed by atoms with Crippen LogP contribution in [0.3, 0.4) is 0 Å². The molecule has 0 radical (unpaired) electrons. The van der Waals surface area contributed by atoms with Crippen LogP contribution in [-0.4, -0.2) is 48.4 Å². The molecule has 108 valence electrons. The Bertz CT molecular complexity index is 418. The van der Waals surface area contributed by atoms with Gasteiger partial charge in [0.15, 0.2) is 0 Å². The summed E-state index contributed by atoms with van der Waals surface area (Å²) in [6, 6.07) is 11.7. The fourth-order valence-corrected chi connectivity index (χ4v) is 3.71. The summed E-state index contributed by atoms with van der Waals surface area (Å²) in [5, 5.41) is 0. The van der Waals surface area contributed by atoms with Crippen LogP contribution in [0.2, 0.25) is 0 Å². The molecule has 3 heteroatoms. The molecule has 1 aromatic carbocycles. The lowest BCUT2D eigenvalue weighted by Crippen LogP contribution is -2.50. The molecule has 0 spiro atoms. The Labute approximate surface area is 121 Å². The van der Waals surface area contributed by atoms with Gasteiger partial charge in [0.25, 0.3) is 0 Å². The maximum absolute atomic E-state index is 10.8. The zero-order valence-corrected chi connectivity index (χ0v) is 12.1. The van der Waals surface area contributed by atoms with Crippen LogP contribution in [0.1, 0.15) is 37.2 Å². The summed E-state index contributed by atoms with van der Waals surface area (Å²) in [5.74, 6) is 0.753. The van der Waals surface area contributed by atoms with Crippen LogP contribution in [0.15, 0.2) is 30.3 Å². The minimum Gasteiger partial charge on any atom is -0.343 e. The Hall–Kier alpha value is -1.35. The Balaban J connectivity index is 1.50. The van der Waals surface area contributed by atoms with Crippen molar-refractivity contribution in [1.82, 2.24) is 9.80 Å². The van der Waals surface area contributed by atoms with Crippen LogP contribution in [0.25, 0.3) is 0 Å². The van der Waals surface area contributed by atoms with Crippen molar-refractivity contribution >= 4 is 6.41 Å². The second kappa shape index (κ2) is 6.40. The standard InChI is InChI=1S/C17H24N2O/c20-14-18-10-12-19(13-11-18)17-8-6-16(7-9-17)15-4-2-1-3-5-15/h1-5,14,16-17H,6-13H2. The Morgan fingerprint density at radius 1 is 0.900 bits per heavy atom. The minimum absolute atomic E-state index is 0.740. The van der Waals surface area contributed by atoms with Gasteiger partial charge in [0.05, 0.1) is 0 Å². The molecule has 0 bridgehead atoms. The van der Waals surface area contributed by atoms with Crippen LogP contribution in [0.5, 0.6) is 0 Å². The average molecular weight is 272 g/mol. The molecule has 1 saturated heterocycles. The van der Waals surface area contributed by atoms with E-state index in [1.54, 1.807) is 0 Å². The first-order valence-electron chi connectivity index (χ1n) is 7.85. The van der Waals surface area contributed by atoms with Gasteiger partial charge in [-0.1, -0.05) is 30.3 Å². The van der Waals surface area contributed by atoms with E-state index in [9.17, 15) is 4.79 Å². The van der Waals surface area contributed by atoms with E-state index in [0.717, 1.165) is 44.5 Å². The molecule has 0 aromatic heterocycles. The average Bonchev–Trinajstić information content (AvgIpc) is 2.56. The van der Waals surface area contributed by atoms with Crippen LogP contribution in [0.4, 0.5) is 0 Å². The van der Waals surface area contributed by atoms with Crippen molar-refractivity contribution in [2.45, 2.75) is 37.6 Å². The van der Waals surface area contributed by atoms with E-state index in [1.165, 1.54) is 31.2 Å².